The second-order valence-corrected chi connectivity index (χ2v) is 10.3. The molecule has 3 aliphatic heterocycles. The molecule has 0 aliphatic carbocycles. The van der Waals surface area contributed by atoms with Crippen LogP contribution in [0.2, 0.25) is 0 Å². The Morgan fingerprint density at radius 3 is 2.95 bits per heavy atom. The minimum Gasteiger partial charge on any atom is -0.465 e. The van der Waals surface area contributed by atoms with Crippen molar-refractivity contribution in [1.29, 1.82) is 0 Å². The second kappa shape index (κ2) is 10.3. The van der Waals surface area contributed by atoms with Gasteiger partial charge in [0.25, 0.3) is 0 Å². The summed E-state index contributed by atoms with van der Waals surface area (Å²) in [6, 6.07) is 4.93. The van der Waals surface area contributed by atoms with Gasteiger partial charge >= 0.3 is 12.1 Å². The summed E-state index contributed by atoms with van der Waals surface area (Å²) in [7, 11) is 2.10. The van der Waals surface area contributed by atoms with Gasteiger partial charge < -0.3 is 25.0 Å². The number of amides is 1. The Morgan fingerprint density at radius 2 is 2.13 bits per heavy atom. The number of anilines is 1. The first-order valence-electron chi connectivity index (χ1n) is 13.2. The van der Waals surface area contributed by atoms with E-state index >= 15 is 0 Å². The van der Waals surface area contributed by atoms with Gasteiger partial charge in [-0.05, 0) is 51.1 Å². The Morgan fingerprint density at radius 1 is 1.24 bits per heavy atom. The number of piperazine rings is 1. The molecular formula is C27H32FN7O3. The van der Waals surface area contributed by atoms with Crippen LogP contribution in [0.1, 0.15) is 35.8 Å². The normalized spacial score (nSPS) is 22.1. The van der Waals surface area contributed by atoms with Crippen LogP contribution in [0.3, 0.4) is 0 Å². The fraction of sp³-hybridized carbons (Fsp3) is 0.481. The van der Waals surface area contributed by atoms with Crippen LogP contribution in [0, 0.1) is 5.82 Å². The predicted octanol–water partition coefficient (Wildman–Crippen LogP) is 2.82. The Balaban J connectivity index is 1.36. The molecule has 200 valence electrons. The largest absolute Gasteiger partial charge is 0.465 e. The molecule has 2 unspecified atom stereocenters. The number of carboxylic acid groups (broad SMARTS) is 1. The Bertz CT molecular complexity index is 1360. The number of fused-ring (bicyclic) bond motifs is 2. The maximum Gasteiger partial charge on any atom is 0.407 e. The number of benzene rings is 1. The zero-order chi connectivity index (χ0) is 26.2. The van der Waals surface area contributed by atoms with Crippen molar-refractivity contribution in [3.63, 3.8) is 0 Å². The molecule has 2 fully saturated rings. The third-order valence-electron chi connectivity index (χ3n) is 8.00. The van der Waals surface area contributed by atoms with Gasteiger partial charge in [0.2, 0.25) is 0 Å². The summed E-state index contributed by atoms with van der Waals surface area (Å²) in [5, 5.41) is 14.9. The maximum atomic E-state index is 13.8. The first kappa shape index (κ1) is 24.7. The van der Waals surface area contributed by atoms with Gasteiger partial charge in [-0.2, -0.15) is 9.97 Å². The number of nitrogens with one attached hydrogen (secondary N) is 1. The minimum absolute atomic E-state index is 0.287. The molecule has 11 heteroatoms. The number of carbonyl (C=O) groups is 1. The molecular weight excluding hydrogens is 489 g/mol. The zero-order valence-corrected chi connectivity index (χ0v) is 21.4. The van der Waals surface area contributed by atoms with Crippen molar-refractivity contribution in [3.8, 4) is 6.01 Å². The van der Waals surface area contributed by atoms with Crippen molar-refractivity contribution >= 4 is 22.6 Å². The molecule has 1 amide bonds. The molecule has 2 aromatic heterocycles. The van der Waals surface area contributed by atoms with Gasteiger partial charge in [-0.15, -0.1) is 0 Å². The highest BCUT2D eigenvalue weighted by Crippen LogP contribution is 2.34. The summed E-state index contributed by atoms with van der Waals surface area (Å²) in [6.45, 7) is 4.20. The minimum atomic E-state index is -0.953. The Labute approximate surface area is 220 Å². The summed E-state index contributed by atoms with van der Waals surface area (Å²) in [5.74, 6) is -0.295. The summed E-state index contributed by atoms with van der Waals surface area (Å²) in [5.41, 5.74) is 3.43. The number of hydrogen-bond donors (Lipinski definition) is 2. The number of halogens is 1. The SMILES string of the molecule is CN1CCCC1COc1nc2c(c(C3CNCCN3C(=O)O)n1)CCN(c1cncc3cc(F)ccc13)C2. The molecule has 5 heterocycles. The first-order chi connectivity index (χ1) is 18.5. The van der Waals surface area contributed by atoms with Crippen molar-refractivity contribution in [2.75, 3.05) is 51.3 Å². The lowest BCUT2D eigenvalue weighted by Crippen LogP contribution is -2.49. The van der Waals surface area contributed by atoms with Crippen LogP contribution in [0.15, 0.2) is 30.6 Å². The Hall–Kier alpha value is -3.57. The molecule has 1 aromatic carbocycles. The summed E-state index contributed by atoms with van der Waals surface area (Å²) >= 11 is 0. The monoisotopic (exact) mass is 521 g/mol. The zero-order valence-electron chi connectivity index (χ0n) is 21.4. The van der Waals surface area contributed by atoms with Crippen molar-refractivity contribution in [1.82, 2.24) is 30.1 Å². The van der Waals surface area contributed by atoms with E-state index in [-0.39, 0.29) is 11.8 Å². The third kappa shape index (κ3) is 4.71. The van der Waals surface area contributed by atoms with Crippen molar-refractivity contribution in [2.45, 2.75) is 37.9 Å². The molecule has 0 spiro atoms. The van der Waals surface area contributed by atoms with E-state index < -0.39 is 12.1 Å². The summed E-state index contributed by atoms with van der Waals surface area (Å²) < 4.78 is 20.0. The molecule has 3 aliphatic rings. The molecule has 0 saturated carbocycles. The van der Waals surface area contributed by atoms with Gasteiger partial charge in [0, 0.05) is 54.8 Å². The topological polar surface area (TPSA) is 107 Å². The van der Waals surface area contributed by atoms with E-state index in [1.165, 1.54) is 17.0 Å². The number of likely N-dealkylation sites (tertiary alicyclic amines) is 1. The molecule has 38 heavy (non-hydrogen) atoms. The number of nitrogens with zero attached hydrogens (tertiary/aromatic N) is 6. The molecule has 3 aromatic rings. The van der Waals surface area contributed by atoms with Crippen LogP contribution in [0.5, 0.6) is 6.01 Å². The smallest absolute Gasteiger partial charge is 0.407 e. The van der Waals surface area contributed by atoms with Crippen molar-refractivity contribution < 1.29 is 19.0 Å². The average molecular weight is 522 g/mol. The number of hydrogen-bond acceptors (Lipinski definition) is 8. The van der Waals surface area contributed by atoms with Crippen LogP contribution in [0.4, 0.5) is 14.9 Å². The van der Waals surface area contributed by atoms with E-state index in [0.717, 1.165) is 52.8 Å². The highest BCUT2D eigenvalue weighted by Gasteiger charge is 2.34. The van der Waals surface area contributed by atoms with E-state index in [1.807, 2.05) is 0 Å². The highest BCUT2D eigenvalue weighted by molar-refractivity contribution is 5.93. The highest BCUT2D eigenvalue weighted by atomic mass is 19.1. The lowest BCUT2D eigenvalue weighted by molar-refractivity contribution is 0.110. The number of aromatic nitrogens is 3. The number of pyridine rings is 1. The van der Waals surface area contributed by atoms with E-state index in [4.69, 9.17) is 14.7 Å². The van der Waals surface area contributed by atoms with Crippen molar-refractivity contribution in [2.24, 2.45) is 0 Å². The van der Waals surface area contributed by atoms with Gasteiger partial charge in [0.05, 0.1) is 35.9 Å². The maximum absolute atomic E-state index is 13.8. The van der Waals surface area contributed by atoms with Gasteiger partial charge in [-0.25, -0.2) is 9.18 Å². The number of ether oxygens (including phenoxy) is 1. The van der Waals surface area contributed by atoms with Crippen molar-refractivity contribution in [3.05, 3.63) is 53.4 Å². The average Bonchev–Trinajstić information content (AvgIpc) is 3.35. The second-order valence-electron chi connectivity index (χ2n) is 10.3. The van der Waals surface area contributed by atoms with E-state index in [1.54, 1.807) is 18.5 Å². The molecule has 0 bridgehead atoms. The molecule has 2 atom stereocenters. The van der Waals surface area contributed by atoms with Crippen LogP contribution < -0.4 is 15.0 Å². The van der Waals surface area contributed by atoms with Crippen LogP contribution in [-0.4, -0.2) is 88.4 Å². The summed E-state index contributed by atoms with van der Waals surface area (Å²) in [6.07, 6.45) is 5.37. The van der Waals surface area contributed by atoms with Gasteiger partial charge in [-0.1, -0.05) is 0 Å². The molecule has 10 nitrogen and oxygen atoms in total. The summed E-state index contributed by atoms with van der Waals surface area (Å²) in [4.78, 5) is 32.0. The quantitative estimate of drug-likeness (QED) is 0.524. The van der Waals surface area contributed by atoms with Crippen LogP contribution in [-0.2, 0) is 13.0 Å². The fourth-order valence-corrected chi connectivity index (χ4v) is 5.90. The molecule has 2 N–H and O–H groups in total. The van der Waals surface area contributed by atoms with Gasteiger partial charge in [0.15, 0.2) is 0 Å². The van der Waals surface area contributed by atoms with E-state index in [9.17, 15) is 14.3 Å². The third-order valence-corrected chi connectivity index (χ3v) is 8.00. The van der Waals surface area contributed by atoms with E-state index in [2.05, 4.69) is 27.1 Å². The number of likely N-dealkylation sites (N-methyl/N-ethyl adjacent to an activating group) is 1. The molecule has 0 radical (unpaired) electrons. The Kier molecular flexibility index (Phi) is 6.71. The first-order valence-corrected chi connectivity index (χ1v) is 13.2. The predicted molar refractivity (Wildman–Crippen MR) is 140 cm³/mol. The van der Waals surface area contributed by atoms with Crippen LogP contribution in [0.25, 0.3) is 10.8 Å². The van der Waals surface area contributed by atoms with Crippen LogP contribution >= 0.6 is 0 Å². The lowest BCUT2D eigenvalue weighted by Gasteiger charge is -2.37. The fourth-order valence-electron chi connectivity index (χ4n) is 5.90. The molecule has 6 rings (SSSR count). The number of rotatable bonds is 5. The molecule has 2 saturated heterocycles. The lowest BCUT2D eigenvalue weighted by atomic mass is 9.96. The van der Waals surface area contributed by atoms with Gasteiger partial charge in [-0.3, -0.25) is 9.88 Å². The standard InChI is InChI=1S/C27H32FN7O3/c1-33-8-2-3-19(33)16-38-26-31-22-15-34(23-13-30-12-17-11-18(28)4-5-20(17)23)9-6-21(22)25(32-26)24-14-29-7-10-35(24)27(36)37/h4-5,11-13,19,24,29H,2-3,6-10,14-16H2,1H3,(H,36,37). The van der Waals surface area contributed by atoms with E-state index in [0.29, 0.717) is 51.8 Å². The van der Waals surface area contributed by atoms with Gasteiger partial charge in [0.1, 0.15) is 12.4 Å².